The van der Waals surface area contributed by atoms with Crippen LogP contribution >= 0.6 is 0 Å². The zero-order valence-corrected chi connectivity index (χ0v) is 13.3. The number of piperidine rings is 2. The summed E-state index contributed by atoms with van der Waals surface area (Å²) in [5.74, 6) is 0.777. The van der Waals surface area contributed by atoms with E-state index in [9.17, 15) is 5.11 Å². The Bertz CT molecular complexity index is 275. The summed E-state index contributed by atoms with van der Waals surface area (Å²) < 4.78 is 5.02. The van der Waals surface area contributed by atoms with Crippen molar-refractivity contribution >= 4 is 0 Å². The molecule has 118 valence electrons. The highest BCUT2D eigenvalue weighted by Gasteiger charge is 2.26. The number of hydrogen-bond donors (Lipinski definition) is 1. The predicted octanol–water partition coefficient (Wildman–Crippen LogP) is 1.58. The van der Waals surface area contributed by atoms with E-state index in [0.29, 0.717) is 6.61 Å². The van der Waals surface area contributed by atoms with E-state index < -0.39 is 0 Å². The van der Waals surface area contributed by atoms with Crippen LogP contribution in [0, 0.1) is 5.92 Å². The summed E-state index contributed by atoms with van der Waals surface area (Å²) in [5.41, 5.74) is 0. The van der Waals surface area contributed by atoms with Crippen molar-refractivity contribution in [3.63, 3.8) is 0 Å². The van der Waals surface area contributed by atoms with Crippen LogP contribution in [0.4, 0.5) is 0 Å². The van der Waals surface area contributed by atoms with Crippen molar-refractivity contribution in [2.75, 3.05) is 46.4 Å². The second-order valence-corrected chi connectivity index (χ2v) is 6.72. The molecule has 2 aliphatic heterocycles. The summed E-state index contributed by atoms with van der Waals surface area (Å²) >= 11 is 0. The Kier molecular flexibility index (Phi) is 6.75. The normalized spacial score (nSPS) is 31.4. The maximum absolute atomic E-state index is 9.87. The molecule has 2 rings (SSSR count). The van der Waals surface area contributed by atoms with Gasteiger partial charge in [0.25, 0.3) is 0 Å². The monoisotopic (exact) mass is 284 g/mol. The largest absolute Gasteiger partial charge is 0.389 e. The summed E-state index contributed by atoms with van der Waals surface area (Å²) in [5, 5.41) is 9.87. The van der Waals surface area contributed by atoms with Gasteiger partial charge in [0.2, 0.25) is 0 Å². The molecule has 2 saturated heterocycles. The van der Waals surface area contributed by atoms with Crippen molar-refractivity contribution in [3.8, 4) is 0 Å². The third-order valence-corrected chi connectivity index (χ3v) is 4.86. The van der Waals surface area contributed by atoms with Gasteiger partial charge in [0, 0.05) is 32.8 Å². The number of aliphatic hydroxyl groups excluding tert-OH is 1. The molecule has 2 aliphatic rings. The number of ether oxygens (including phenoxy) is 1. The minimum Gasteiger partial charge on any atom is -0.389 e. The lowest BCUT2D eigenvalue weighted by Gasteiger charge is -2.40. The van der Waals surface area contributed by atoms with Crippen molar-refractivity contribution in [2.24, 2.45) is 5.92 Å². The molecule has 4 nitrogen and oxygen atoms in total. The number of likely N-dealkylation sites (tertiary alicyclic amines) is 2. The average Bonchev–Trinajstić information content (AvgIpc) is 2.42. The SMILES string of the molecule is COC[C@H](O)CN1CCC[C@H](CN2CCCC[C@H]2C)C1. The molecule has 4 heteroatoms. The van der Waals surface area contributed by atoms with Crippen LogP contribution in [-0.4, -0.2) is 73.5 Å². The van der Waals surface area contributed by atoms with Crippen LogP contribution in [0.5, 0.6) is 0 Å². The molecular weight excluding hydrogens is 252 g/mol. The molecule has 20 heavy (non-hydrogen) atoms. The molecule has 0 aromatic rings. The number of methoxy groups -OCH3 is 1. The second-order valence-electron chi connectivity index (χ2n) is 6.72. The summed E-state index contributed by atoms with van der Waals surface area (Å²) in [7, 11) is 1.65. The molecule has 1 N–H and O–H groups in total. The highest BCUT2D eigenvalue weighted by Crippen LogP contribution is 2.22. The minimum absolute atomic E-state index is 0.340. The van der Waals surface area contributed by atoms with E-state index in [1.54, 1.807) is 7.11 Å². The predicted molar refractivity (Wildman–Crippen MR) is 81.9 cm³/mol. The Morgan fingerprint density at radius 2 is 2.05 bits per heavy atom. The molecule has 3 atom stereocenters. The Hall–Kier alpha value is -0.160. The van der Waals surface area contributed by atoms with Gasteiger partial charge in [0.15, 0.2) is 0 Å². The topological polar surface area (TPSA) is 35.9 Å². The molecule has 0 radical (unpaired) electrons. The maximum atomic E-state index is 9.87. The molecular formula is C16H32N2O2. The van der Waals surface area contributed by atoms with Crippen LogP contribution in [0.3, 0.4) is 0 Å². The van der Waals surface area contributed by atoms with Crippen molar-refractivity contribution in [1.29, 1.82) is 0 Å². The number of aliphatic hydroxyl groups is 1. The van der Waals surface area contributed by atoms with Gasteiger partial charge in [-0.25, -0.2) is 0 Å². The number of hydrogen-bond acceptors (Lipinski definition) is 4. The molecule has 2 fully saturated rings. The van der Waals surface area contributed by atoms with E-state index in [2.05, 4.69) is 16.7 Å². The third kappa shape index (κ3) is 4.99. The summed E-state index contributed by atoms with van der Waals surface area (Å²) in [6, 6.07) is 0.762. The molecule has 0 bridgehead atoms. The van der Waals surface area contributed by atoms with Gasteiger partial charge in [-0.15, -0.1) is 0 Å². The Balaban J connectivity index is 1.75. The minimum atomic E-state index is -0.340. The molecule has 0 spiro atoms. The fourth-order valence-corrected chi connectivity index (χ4v) is 3.77. The van der Waals surface area contributed by atoms with E-state index >= 15 is 0 Å². The van der Waals surface area contributed by atoms with Crippen LogP contribution in [0.25, 0.3) is 0 Å². The van der Waals surface area contributed by atoms with Crippen molar-refractivity contribution in [2.45, 2.75) is 51.2 Å². The third-order valence-electron chi connectivity index (χ3n) is 4.86. The van der Waals surface area contributed by atoms with Crippen LogP contribution in [-0.2, 0) is 4.74 Å². The van der Waals surface area contributed by atoms with E-state index in [1.165, 1.54) is 45.2 Å². The quantitative estimate of drug-likeness (QED) is 0.803. The number of rotatable bonds is 6. The maximum Gasteiger partial charge on any atom is 0.0900 e. The smallest absolute Gasteiger partial charge is 0.0900 e. The average molecular weight is 284 g/mol. The number of nitrogens with zero attached hydrogens (tertiary/aromatic N) is 2. The van der Waals surface area contributed by atoms with Gasteiger partial charge in [-0.2, -0.15) is 0 Å². The van der Waals surface area contributed by atoms with Gasteiger partial charge in [-0.1, -0.05) is 6.42 Å². The van der Waals surface area contributed by atoms with Gasteiger partial charge in [-0.05, 0) is 51.6 Å². The van der Waals surface area contributed by atoms with Crippen LogP contribution in [0.2, 0.25) is 0 Å². The molecule has 0 saturated carbocycles. The van der Waals surface area contributed by atoms with Gasteiger partial charge in [0.1, 0.15) is 0 Å². The van der Waals surface area contributed by atoms with E-state index in [1.807, 2.05) is 0 Å². The first-order chi connectivity index (χ1) is 9.69. The fraction of sp³-hybridized carbons (Fsp3) is 1.00. The van der Waals surface area contributed by atoms with E-state index in [0.717, 1.165) is 31.6 Å². The Morgan fingerprint density at radius 3 is 2.80 bits per heavy atom. The molecule has 0 aromatic heterocycles. The van der Waals surface area contributed by atoms with Gasteiger partial charge < -0.3 is 19.6 Å². The standard InChI is InChI=1S/C16H32N2O2/c1-14-6-3-4-9-18(14)11-15-7-5-8-17(10-15)12-16(19)13-20-2/h14-16,19H,3-13H2,1-2H3/t14-,15+,16-/m1/s1. The first-order valence-corrected chi connectivity index (χ1v) is 8.32. The zero-order chi connectivity index (χ0) is 14.4. The van der Waals surface area contributed by atoms with Crippen LogP contribution in [0.15, 0.2) is 0 Å². The van der Waals surface area contributed by atoms with Gasteiger partial charge in [-0.3, -0.25) is 0 Å². The molecule has 2 heterocycles. The summed E-state index contributed by atoms with van der Waals surface area (Å²) in [6.45, 7) is 8.39. The lowest BCUT2D eigenvalue weighted by molar-refractivity contribution is 0.0211. The van der Waals surface area contributed by atoms with Crippen LogP contribution < -0.4 is 0 Å². The summed E-state index contributed by atoms with van der Waals surface area (Å²) in [4.78, 5) is 5.11. The molecule has 0 aliphatic carbocycles. The Labute approximate surface area is 124 Å². The zero-order valence-electron chi connectivity index (χ0n) is 13.3. The Morgan fingerprint density at radius 1 is 1.20 bits per heavy atom. The molecule has 0 aromatic carbocycles. The summed E-state index contributed by atoms with van der Waals surface area (Å²) in [6.07, 6.45) is 6.41. The van der Waals surface area contributed by atoms with Gasteiger partial charge >= 0.3 is 0 Å². The van der Waals surface area contributed by atoms with Crippen molar-refractivity contribution in [3.05, 3.63) is 0 Å². The first-order valence-electron chi connectivity index (χ1n) is 8.32. The highest BCUT2D eigenvalue weighted by atomic mass is 16.5. The second kappa shape index (κ2) is 8.32. The fourth-order valence-electron chi connectivity index (χ4n) is 3.77. The lowest BCUT2D eigenvalue weighted by Crippen LogP contribution is -2.47. The number of β-amino-alcohol motifs (C(OH)–C–C–N with tert-alkyl or cyclic N) is 1. The highest BCUT2D eigenvalue weighted by molar-refractivity contribution is 4.81. The van der Waals surface area contributed by atoms with Gasteiger partial charge in [0.05, 0.1) is 12.7 Å². The lowest BCUT2D eigenvalue weighted by atomic mass is 9.94. The van der Waals surface area contributed by atoms with E-state index in [-0.39, 0.29) is 6.10 Å². The van der Waals surface area contributed by atoms with E-state index in [4.69, 9.17) is 4.74 Å². The molecule has 0 amide bonds. The van der Waals surface area contributed by atoms with Crippen molar-refractivity contribution in [1.82, 2.24) is 9.80 Å². The van der Waals surface area contributed by atoms with Crippen molar-refractivity contribution < 1.29 is 9.84 Å². The molecule has 0 unspecified atom stereocenters. The van der Waals surface area contributed by atoms with Crippen LogP contribution in [0.1, 0.15) is 39.0 Å². The first kappa shape index (κ1) is 16.2.